The summed E-state index contributed by atoms with van der Waals surface area (Å²) in [5, 5.41) is 12.0. The van der Waals surface area contributed by atoms with Crippen LogP contribution in [0.5, 0.6) is 0 Å². The number of aryl methyl sites for hydroxylation is 3. The van der Waals surface area contributed by atoms with Crippen LogP contribution in [0.3, 0.4) is 0 Å². The van der Waals surface area contributed by atoms with Gasteiger partial charge >= 0.3 is 0 Å². The lowest BCUT2D eigenvalue weighted by molar-refractivity contribution is -0.121. The van der Waals surface area contributed by atoms with Gasteiger partial charge < -0.3 is 9.88 Å². The number of fused-ring (bicyclic) bond motifs is 1. The fourth-order valence-corrected chi connectivity index (χ4v) is 4.57. The van der Waals surface area contributed by atoms with Crippen LogP contribution in [0.2, 0.25) is 0 Å². The summed E-state index contributed by atoms with van der Waals surface area (Å²) < 4.78 is 2.20. The van der Waals surface area contributed by atoms with Crippen LogP contribution in [-0.4, -0.2) is 38.7 Å². The van der Waals surface area contributed by atoms with Crippen molar-refractivity contribution in [3.05, 3.63) is 82.4 Å². The van der Waals surface area contributed by atoms with Gasteiger partial charge in [0.1, 0.15) is 5.82 Å². The zero-order valence-corrected chi connectivity index (χ0v) is 19.3. The Labute approximate surface area is 190 Å². The number of benzene rings is 2. The molecule has 1 N–H and O–H groups in total. The van der Waals surface area contributed by atoms with E-state index in [-0.39, 0.29) is 11.9 Å². The van der Waals surface area contributed by atoms with E-state index in [1.165, 1.54) is 22.3 Å². The average Bonchev–Trinajstić information content (AvgIpc) is 3.07. The first-order valence-corrected chi connectivity index (χ1v) is 11.5. The van der Waals surface area contributed by atoms with Crippen LogP contribution >= 0.6 is 0 Å². The highest BCUT2D eigenvalue weighted by Gasteiger charge is 2.22. The highest BCUT2D eigenvalue weighted by molar-refractivity contribution is 5.76. The summed E-state index contributed by atoms with van der Waals surface area (Å²) in [6, 6.07) is 16.7. The molecule has 0 radical (unpaired) electrons. The van der Waals surface area contributed by atoms with Crippen LogP contribution in [0, 0.1) is 13.8 Å². The Morgan fingerprint density at radius 2 is 1.75 bits per heavy atom. The maximum absolute atomic E-state index is 12.5. The van der Waals surface area contributed by atoms with E-state index < -0.39 is 0 Å². The van der Waals surface area contributed by atoms with Crippen LogP contribution in [0.25, 0.3) is 0 Å². The van der Waals surface area contributed by atoms with Crippen LogP contribution in [0.1, 0.15) is 53.3 Å². The van der Waals surface area contributed by atoms with Gasteiger partial charge in [-0.05, 0) is 38.3 Å². The number of carbonyl (C=O) groups excluding carboxylic acids is 1. The van der Waals surface area contributed by atoms with E-state index in [1.807, 2.05) is 25.1 Å². The molecule has 0 fully saturated rings. The molecule has 32 heavy (non-hydrogen) atoms. The third kappa shape index (κ3) is 5.62. The van der Waals surface area contributed by atoms with Crippen molar-refractivity contribution in [2.75, 3.05) is 13.1 Å². The predicted octanol–water partition coefficient (Wildman–Crippen LogP) is 3.76. The van der Waals surface area contributed by atoms with E-state index in [2.05, 4.69) is 69.2 Å². The monoisotopic (exact) mass is 431 g/mol. The second-order valence-corrected chi connectivity index (χ2v) is 8.92. The molecule has 1 atom stereocenters. The van der Waals surface area contributed by atoms with Crippen molar-refractivity contribution in [2.45, 2.75) is 59.2 Å². The first-order valence-electron chi connectivity index (χ1n) is 11.5. The number of aromatic nitrogens is 3. The molecule has 3 aromatic rings. The molecule has 0 saturated heterocycles. The second-order valence-electron chi connectivity index (χ2n) is 8.92. The highest BCUT2D eigenvalue weighted by Crippen LogP contribution is 2.18. The minimum atomic E-state index is -0.162. The molecule has 2 aromatic carbocycles. The van der Waals surface area contributed by atoms with Crippen molar-refractivity contribution in [1.82, 2.24) is 25.0 Å². The number of hydrogen-bond donors (Lipinski definition) is 1. The molecule has 1 aliphatic heterocycles. The minimum absolute atomic E-state index is 0.0452. The third-order valence-electron chi connectivity index (χ3n) is 6.08. The van der Waals surface area contributed by atoms with E-state index in [4.69, 9.17) is 0 Å². The van der Waals surface area contributed by atoms with Gasteiger partial charge in [0.2, 0.25) is 5.91 Å². The van der Waals surface area contributed by atoms with Crippen molar-refractivity contribution in [1.29, 1.82) is 0 Å². The fraction of sp³-hybridized carbons (Fsp3) is 0.423. The molecule has 4 rings (SSSR count). The molecule has 2 heterocycles. The Kier molecular flexibility index (Phi) is 7.00. The van der Waals surface area contributed by atoms with E-state index in [0.717, 1.165) is 50.7 Å². The lowest BCUT2D eigenvalue weighted by Crippen LogP contribution is -2.30. The topological polar surface area (TPSA) is 63.1 Å². The van der Waals surface area contributed by atoms with Gasteiger partial charge in [-0.2, -0.15) is 0 Å². The Morgan fingerprint density at radius 1 is 1.00 bits per heavy atom. The van der Waals surface area contributed by atoms with Gasteiger partial charge in [0.15, 0.2) is 5.82 Å². The van der Waals surface area contributed by atoms with Gasteiger partial charge in [-0.15, -0.1) is 10.2 Å². The zero-order valence-electron chi connectivity index (χ0n) is 19.3. The third-order valence-corrected chi connectivity index (χ3v) is 6.08. The molecule has 1 aliphatic rings. The molecule has 0 bridgehead atoms. The lowest BCUT2D eigenvalue weighted by Gasteiger charge is -2.21. The quantitative estimate of drug-likeness (QED) is 0.619. The normalized spacial score (nSPS) is 15.1. The molecule has 6 nitrogen and oxygen atoms in total. The van der Waals surface area contributed by atoms with Gasteiger partial charge in [0, 0.05) is 39.0 Å². The number of rotatable bonds is 7. The molecule has 0 saturated carbocycles. The van der Waals surface area contributed by atoms with Crippen molar-refractivity contribution < 1.29 is 4.79 Å². The van der Waals surface area contributed by atoms with Gasteiger partial charge in [0.05, 0.1) is 6.04 Å². The van der Waals surface area contributed by atoms with E-state index in [9.17, 15) is 4.79 Å². The number of carbonyl (C=O) groups is 1. The molecular formula is C26H33N5O. The summed E-state index contributed by atoms with van der Waals surface area (Å²) in [6.07, 6.45) is 2.08. The minimum Gasteiger partial charge on any atom is -0.346 e. The first-order chi connectivity index (χ1) is 15.5. The zero-order chi connectivity index (χ0) is 22.5. The van der Waals surface area contributed by atoms with E-state index >= 15 is 0 Å². The van der Waals surface area contributed by atoms with Gasteiger partial charge in [-0.1, -0.05) is 59.7 Å². The van der Waals surface area contributed by atoms with E-state index in [0.29, 0.717) is 6.42 Å². The Morgan fingerprint density at radius 3 is 2.50 bits per heavy atom. The number of hydrogen-bond acceptors (Lipinski definition) is 4. The Balaban J connectivity index is 1.34. The lowest BCUT2D eigenvalue weighted by atomic mass is 10.1. The molecule has 0 aliphatic carbocycles. The molecular weight excluding hydrogens is 398 g/mol. The Bertz CT molecular complexity index is 1040. The summed E-state index contributed by atoms with van der Waals surface area (Å²) in [4.78, 5) is 15.0. The molecule has 6 heteroatoms. The first kappa shape index (κ1) is 22.2. The number of amides is 1. The molecule has 0 spiro atoms. The van der Waals surface area contributed by atoms with Crippen LogP contribution < -0.4 is 5.32 Å². The van der Waals surface area contributed by atoms with Crippen molar-refractivity contribution in [3.8, 4) is 0 Å². The van der Waals surface area contributed by atoms with Gasteiger partial charge in [-0.25, -0.2) is 0 Å². The molecule has 1 aromatic heterocycles. The van der Waals surface area contributed by atoms with Crippen molar-refractivity contribution in [2.24, 2.45) is 0 Å². The van der Waals surface area contributed by atoms with Crippen molar-refractivity contribution in [3.63, 3.8) is 0 Å². The Hall–Kier alpha value is -2.99. The smallest absolute Gasteiger partial charge is 0.220 e. The summed E-state index contributed by atoms with van der Waals surface area (Å²) >= 11 is 0. The maximum atomic E-state index is 12.5. The largest absolute Gasteiger partial charge is 0.346 e. The average molecular weight is 432 g/mol. The summed E-state index contributed by atoms with van der Waals surface area (Å²) in [5.41, 5.74) is 5.16. The van der Waals surface area contributed by atoms with Crippen molar-refractivity contribution >= 4 is 5.91 Å². The second kappa shape index (κ2) is 10.1. The van der Waals surface area contributed by atoms with E-state index in [1.54, 1.807) is 0 Å². The fourth-order valence-electron chi connectivity index (χ4n) is 4.57. The maximum Gasteiger partial charge on any atom is 0.220 e. The van der Waals surface area contributed by atoms with Crippen LogP contribution in [0.15, 0.2) is 48.5 Å². The van der Waals surface area contributed by atoms with Gasteiger partial charge in [-0.3, -0.25) is 9.69 Å². The molecule has 168 valence electrons. The van der Waals surface area contributed by atoms with Crippen LogP contribution in [0.4, 0.5) is 0 Å². The summed E-state index contributed by atoms with van der Waals surface area (Å²) in [5.74, 6) is 1.90. The van der Waals surface area contributed by atoms with Crippen LogP contribution in [-0.2, 0) is 30.7 Å². The summed E-state index contributed by atoms with van der Waals surface area (Å²) in [7, 11) is 0. The molecule has 0 unspecified atom stereocenters. The standard InChI is InChI=1S/C26H33N5O/c1-19-15-20(2)17-23(16-19)18-30-12-11-24-28-29-26(31(24)14-13-30)21(3)27-25(32)10-9-22-7-5-4-6-8-22/h4-8,15-17,21H,9-14,18H2,1-3H3,(H,27,32)/t21-/m0/s1. The predicted molar refractivity (Wildman–Crippen MR) is 126 cm³/mol. The molecule has 1 amide bonds. The number of nitrogens with one attached hydrogen (secondary N) is 1. The SMILES string of the molecule is Cc1cc(C)cc(CN2CCc3nnc([C@H](C)NC(=O)CCc4ccccc4)n3CC2)c1. The van der Waals surface area contributed by atoms with Gasteiger partial charge in [0.25, 0.3) is 0 Å². The number of nitrogens with zero attached hydrogens (tertiary/aromatic N) is 4. The highest BCUT2D eigenvalue weighted by atomic mass is 16.1. The summed E-state index contributed by atoms with van der Waals surface area (Å²) in [6.45, 7) is 10.00.